The van der Waals surface area contributed by atoms with Crippen LogP contribution in [0.3, 0.4) is 0 Å². The van der Waals surface area contributed by atoms with Crippen molar-refractivity contribution >= 4 is 38.8 Å². The van der Waals surface area contributed by atoms with Crippen LogP contribution in [0, 0.1) is 0 Å². The second-order valence-corrected chi connectivity index (χ2v) is 8.22. The first kappa shape index (κ1) is 17.5. The van der Waals surface area contributed by atoms with E-state index in [1.165, 1.54) is 28.2 Å². The molecule has 0 aliphatic carbocycles. The number of ether oxygens (including phenoxy) is 2. The fourth-order valence-electron chi connectivity index (χ4n) is 3.14. The van der Waals surface area contributed by atoms with Crippen molar-refractivity contribution in [2.45, 2.75) is 6.42 Å². The Morgan fingerprint density at radius 2 is 2.07 bits per heavy atom. The normalized spacial score (nSPS) is 15.9. The van der Waals surface area contributed by atoms with Crippen molar-refractivity contribution in [3.05, 3.63) is 34.8 Å². The summed E-state index contributed by atoms with van der Waals surface area (Å²) in [4.78, 5) is 19.2. The average molecular weight is 416 g/mol. The first-order valence-corrected chi connectivity index (χ1v) is 10.6. The molecule has 8 nitrogen and oxygen atoms in total. The number of fused-ring (bicyclic) bond motifs is 1. The molecular formula is C18H17N5O3S2. The lowest BCUT2D eigenvalue weighted by Crippen LogP contribution is -2.36. The smallest absolute Gasteiger partial charge is 0.276 e. The van der Waals surface area contributed by atoms with E-state index >= 15 is 0 Å². The molecular weight excluding hydrogens is 398 g/mol. The zero-order valence-electron chi connectivity index (χ0n) is 14.9. The predicted molar refractivity (Wildman–Crippen MR) is 108 cm³/mol. The number of rotatable bonds is 4. The van der Waals surface area contributed by atoms with E-state index in [2.05, 4.69) is 31.5 Å². The number of nitrogens with zero attached hydrogens (tertiary/aromatic N) is 4. The van der Waals surface area contributed by atoms with Gasteiger partial charge in [0.15, 0.2) is 0 Å². The molecule has 1 aromatic carbocycles. The van der Waals surface area contributed by atoms with Gasteiger partial charge >= 0.3 is 0 Å². The zero-order valence-corrected chi connectivity index (χ0v) is 16.5. The third kappa shape index (κ3) is 3.46. The highest BCUT2D eigenvalue weighted by atomic mass is 32.1. The molecule has 0 spiro atoms. The third-order valence-electron chi connectivity index (χ3n) is 4.59. The minimum Gasteiger partial charge on any atom is -0.493 e. The molecule has 3 aromatic rings. The SMILES string of the molecule is O=C(Nc1nnc(N2CCOCC2)s1)c1csc(-c2ccc3c(c2)CCO3)n1. The van der Waals surface area contributed by atoms with Gasteiger partial charge in [-0.2, -0.15) is 0 Å². The van der Waals surface area contributed by atoms with E-state index in [9.17, 15) is 4.79 Å². The molecule has 0 radical (unpaired) electrons. The molecule has 0 saturated carbocycles. The Bertz CT molecular complexity index is 1010. The number of carbonyl (C=O) groups excluding carboxylic acids is 1. The van der Waals surface area contributed by atoms with Gasteiger partial charge in [0.05, 0.1) is 19.8 Å². The minimum atomic E-state index is -0.281. The van der Waals surface area contributed by atoms with Gasteiger partial charge in [-0.25, -0.2) is 4.98 Å². The number of thiazole rings is 1. The number of amides is 1. The molecule has 0 atom stereocenters. The number of carbonyl (C=O) groups is 1. The largest absolute Gasteiger partial charge is 0.493 e. The van der Waals surface area contributed by atoms with Crippen LogP contribution in [0.25, 0.3) is 10.6 Å². The Morgan fingerprint density at radius 3 is 2.96 bits per heavy atom. The summed E-state index contributed by atoms with van der Waals surface area (Å²) in [6.45, 7) is 3.64. The first-order valence-electron chi connectivity index (χ1n) is 8.95. The minimum absolute atomic E-state index is 0.281. The van der Waals surface area contributed by atoms with Crippen LogP contribution in [0.15, 0.2) is 23.6 Å². The fourth-order valence-corrected chi connectivity index (χ4v) is 4.73. The van der Waals surface area contributed by atoms with Gasteiger partial charge < -0.3 is 14.4 Å². The molecule has 28 heavy (non-hydrogen) atoms. The van der Waals surface area contributed by atoms with E-state index in [1.54, 1.807) is 5.38 Å². The summed E-state index contributed by atoms with van der Waals surface area (Å²) in [5.74, 6) is 0.655. The molecule has 0 bridgehead atoms. The molecule has 2 aromatic heterocycles. The molecule has 0 unspecified atom stereocenters. The summed E-state index contributed by atoms with van der Waals surface area (Å²) in [7, 11) is 0. The maximum Gasteiger partial charge on any atom is 0.276 e. The molecule has 144 valence electrons. The van der Waals surface area contributed by atoms with Gasteiger partial charge in [0.2, 0.25) is 10.3 Å². The van der Waals surface area contributed by atoms with Crippen LogP contribution in [0.5, 0.6) is 5.75 Å². The molecule has 1 saturated heterocycles. The van der Waals surface area contributed by atoms with E-state index in [1.807, 2.05) is 12.1 Å². The molecule has 1 amide bonds. The summed E-state index contributed by atoms with van der Waals surface area (Å²) in [5, 5.41) is 14.9. The maximum atomic E-state index is 12.5. The Kier molecular flexibility index (Phi) is 4.67. The summed E-state index contributed by atoms with van der Waals surface area (Å²) in [6.07, 6.45) is 0.907. The number of anilines is 2. The van der Waals surface area contributed by atoms with E-state index in [4.69, 9.17) is 9.47 Å². The summed E-state index contributed by atoms with van der Waals surface area (Å²) in [6, 6.07) is 6.03. The molecule has 1 fully saturated rings. The van der Waals surface area contributed by atoms with Gasteiger partial charge in [0, 0.05) is 30.5 Å². The van der Waals surface area contributed by atoms with Crippen molar-refractivity contribution in [2.75, 3.05) is 43.1 Å². The lowest BCUT2D eigenvalue weighted by molar-refractivity contribution is 0.102. The quantitative estimate of drug-likeness (QED) is 0.701. The van der Waals surface area contributed by atoms with Crippen LogP contribution >= 0.6 is 22.7 Å². The lowest BCUT2D eigenvalue weighted by Gasteiger charge is -2.25. The Labute approximate surface area is 169 Å². The van der Waals surface area contributed by atoms with Crippen molar-refractivity contribution in [3.63, 3.8) is 0 Å². The van der Waals surface area contributed by atoms with Crippen molar-refractivity contribution in [3.8, 4) is 16.3 Å². The van der Waals surface area contributed by atoms with E-state index in [-0.39, 0.29) is 5.91 Å². The third-order valence-corrected chi connectivity index (χ3v) is 6.38. The molecule has 2 aliphatic heterocycles. The second-order valence-electron chi connectivity index (χ2n) is 6.40. The van der Waals surface area contributed by atoms with Crippen LogP contribution < -0.4 is 15.0 Å². The lowest BCUT2D eigenvalue weighted by atomic mass is 10.1. The van der Waals surface area contributed by atoms with Crippen LogP contribution in [-0.4, -0.2) is 54.0 Å². The number of morpholine rings is 1. The number of hydrogen-bond acceptors (Lipinski definition) is 9. The second kappa shape index (κ2) is 7.46. The molecule has 5 rings (SSSR count). The van der Waals surface area contributed by atoms with Gasteiger partial charge in [-0.15, -0.1) is 21.5 Å². The molecule has 1 N–H and O–H groups in total. The van der Waals surface area contributed by atoms with Crippen molar-refractivity contribution < 1.29 is 14.3 Å². The summed E-state index contributed by atoms with van der Waals surface area (Å²) in [5.41, 5.74) is 2.56. The van der Waals surface area contributed by atoms with Gasteiger partial charge in [-0.05, 0) is 23.8 Å². The predicted octanol–water partition coefficient (Wildman–Crippen LogP) is 2.69. The van der Waals surface area contributed by atoms with Crippen molar-refractivity contribution in [1.82, 2.24) is 15.2 Å². The Morgan fingerprint density at radius 1 is 1.18 bits per heavy atom. The summed E-state index contributed by atoms with van der Waals surface area (Å²) >= 11 is 2.80. The highest BCUT2D eigenvalue weighted by Gasteiger charge is 2.19. The number of benzene rings is 1. The number of aromatic nitrogens is 3. The number of hydrogen-bond donors (Lipinski definition) is 1. The molecule has 4 heterocycles. The highest BCUT2D eigenvalue weighted by Crippen LogP contribution is 2.32. The zero-order chi connectivity index (χ0) is 18.9. The van der Waals surface area contributed by atoms with E-state index < -0.39 is 0 Å². The van der Waals surface area contributed by atoms with Crippen LogP contribution in [0.1, 0.15) is 16.1 Å². The fraction of sp³-hybridized carbons (Fsp3) is 0.333. The van der Waals surface area contributed by atoms with Crippen LogP contribution in [-0.2, 0) is 11.2 Å². The van der Waals surface area contributed by atoms with Gasteiger partial charge in [-0.1, -0.05) is 11.3 Å². The maximum absolute atomic E-state index is 12.5. The Hall–Kier alpha value is -2.56. The van der Waals surface area contributed by atoms with Crippen LogP contribution in [0.4, 0.5) is 10.3 Å². The Balaban J connectivity index is 1.28. The topological polar surface area (TPSA) is 89.5 Å². The van der Waals surface area contributed by atoms with Crippen molar-refractivity contribution in [1.29, 1.82) is 0 Å². The van der Waals surface area contributed by atoms with Crippen LogP contribution in [0.2, 0.25) is 0 Å². The molecule has 2 aliphatic rings. The number of nitrogens with one attached hydrogen (secondary N) is 1. The van der Waals surface area contributed by atoms with Crippen molar-refractivity contribution in [2.24, 2.45) is 0 Å². The highest BCUT2D eigenvalue weighted by molar-refractivity contribution is 7.19. The average Bonchev–Trinajstić information content (AvgIpc) is 3.48. The van der Waals surface area contributed by atoms with E-state index in [0.29, 0.717) is 24.0 Å². The standard InChI is InChI=1S/C18H17N5O3S2/c24-15(20-17-21-22-18(28-17)23-4-7-25-8-5-23)13-10-27-16(19-13)12-1-2-14-11(9-12)3-6-26-14/h1-2,9-10H,3-8H2,(H,20,21,24). The molecule has 10 heteroatoms. The van der Waals surface area contributed by atoms with Gasteiger partial charge in [0.25, 0.3) is 5.91 Å². The summed E-state index contributed by atoms with van der Waals surface area (Å²) < 4.78 is 10.9. The van der Waals surface area contributed by atoms with E-state index in [0.717, 1.165) is 47.6 Å². The van der Waals surface area contributed by atoms with Gasteiger partial charge in [0.1, 0.15) is 16.5 Å². The van der Waals surface area contributed by atoms with Gasteiger partial charge in [-0.3, -0.25) is 10.1 Å². The first-order chi connectivity index (χ1) is 13.8. The monoisotopic (exact) mass is 415 g/mol.